The molecule has 1 aromatic heterocycles. The minimum Gasteiger partial charge on any atom is -0.337 e. The second kappa shape index (κ2) is 7.35. The molecule has 0 aliphatic carbocycles. The third kappa shape index (κ3) is 3.87. The first-order valence-corrected chi connectivity index (χ1v) is 9.22. The number of alkyl halides is 3. The third-order valence-electron chi connectivity index (χ3n) is 4.99. The minimum absolute atomic E-state index is 0.00926. The summed E-state index contributed by atoms with van der Waals surface area (Å²) in [7, 11) is 0. The van der Waals surface area contributed by atoms with E-state index in [1.807, 2.05) is 31.2 Å². The molecule has 0 bridgehead atoms. The molecule has 0 saturated carbocycles. The van der Waals surface area contributed by atoms with Crippen molar-refractivity contribution in [1.29, 1.82) is 0 Å². The maximum absolute atomic E-state index is 13.0. The Morgan fingerprint density at radius 2 is 1.93 bits per heavy atom. The zero-order chi connectivity index (χ0) is 20.6. The Hall–Kier alpha value is -3.16. The highest BCUT2D eigenvalue weighted by Crippen LogP contribution is 2.34. The van der Waals surface area contributed by atoms with Crippen LogP contribution in [0, 0.1) is 6.92 Å². The second-order valence-electron chi connectivity index (χ2n) is 7.06. The topological polar surface area (TPSA) is 59.2 Å². The van der Waals surface area contributed by atoms with Gasteiger partial charge in [-0.3, -0.25) is 4.79 Å². The molecular weight excluding hydrogens is 383 g/mol. The van der Waals surface area contributed by atoms with E-state index < -0.39 is 23.7 Å². The number of hydrogen-bond acceptors (Lipinski definition) is 4. The van der Waals surface area contributed by atoms with Gasteiger partial charge in [-0.05, 0) is 38.0 Å². The minimum atomic E-state index is -4.50. The largest absolute Gasteiger partial charge is 0.416 e. The Morgan fingerprint density at radius 1 is 1.17 bits per heavy atom. The van der Waals surface area contributed by atoms with Crippen molar-refractivity contribution >= 4 is 5.91 Å². The predicted octanol–water partition coefficient (Wildman–Crippen LogP) is 5.04. The molecule has 3 aromatic rings. The molecule has 1 aliphatic rings. The van der Waals surface area contributed by atoms with E-state index in [0.29, 0.717) is 31.1 Å². The van der Waals surface area contributed by atoms with Crippen LogP contribution >= 0.6 is 0 Å². The molecule has 8 heteroatoms. The molecule has 2 aromatic carbocycles. The van der Waals surface area contributed by atoms with E-state index >= 15 is 0 Å². The Bertz CT molecular complexity index is 1030. The van der Waals surface area contributed by atoms with Gasteiger partial charge in [-0.1, -0.05) is 41.1 Å². The number of rotatable bonds is 3. The number of hydrogen-bond donors (Lipinski definition) is 0. The average molecular weight is 401 g/mol. The van der Waals surface area contributed by atoms with Crippen LogP contribution in [0.3, 0.4) is 0 Å². The first-order valence-electron chi connectivity index (χ1n) is 9.22. The number of amides is 1. The lowest BCUT2D eigenvalue weighted by Gasteiger charge is -2.22. The smallest absolute Gasteiger partial charge is 0.337 e. The molecule has 1 aliphatic heterocycles. The van der Waals surface area contributed by atoms with E-state index in [4.69, 9.17) is 4.52 Å². The van der Waals surface area contributed by atoms with Gasteiger partial charge in [0.15, 0.2) is 0 Å². The zero-order valence-electron chi connectivity index (χ0n) is 15.6. The lowest BCUT2D eigenvalue weighted by molar-refractivity contribution is -0.137. The van der Waals surface area contributed by atoms with E-state index in [1.54, 1.807) is 0 Å². The lowest BCUT2D eigenvalue weighted by atomic mass is 10.1. The third-order valence-corrected chi connectivity index (χ3v) is 4.99. The van der Waals surface area contributed by atoms with Gasteiger partial charge in [0.25, 0.3) is 5.91 Å². The number of benzene rings is 2. The van der Waals surface area contributed by atoms with Crippen molar-refractivity contribution in [3.63, 3.8) is 0 Å². The number of aromatic nitrogens is 2. The van der Waals surface area contributed by atoms with Crippen molar-refractivity contribution in [2.75, 3.05) is 6.54 Å². The van der Waals surface area contributed by atoms with Gasteiger partial charge in [0.1, 0.15) is 6.04 Å². The van der Waals surface area contributed by atoms with Crippen LogP contribution in [0.1, 0.15) is 46.3 Å². The Kier molecular flexibility index (Phi) is 4.86. The quantitative estimate of drug-likeness (QED) is 0.617. The van der Waals surface area contributed by atoms with E-state index in [-0.39, 0.29) is 5.56 Å². The molecular formula is C21H18F3N3O2. The van der Waals surface area contributed by atoms with Gasteiger partial charge in [-0.15, -0.1) is 0 Å². The molecule has 29 heavy (non-hydrogen) atoms. The maximum Gasteiger partial charge on any atom is 0.416 e. The highest BCUT2D eigenvalue weighted by molar-refractivity contribution is 5.94. The highest BCUT2D eigenvalue weighted by Gasteiger charge is 2.36. The van der Waals surface area contributed by atoms with Crippen LogP contribution < -0.4 is 0 Å². The molecule has 1 unspecified atom stereocenters. The highest BCUT2D eigenvalue weighted by atomic mass is 19.4. The SMILES string of the molecule is Cc1ccc(-c2noc(C3CCCN3C(=O)c3cccc(C(F)(F)F)c3)n2)cc1. The van der Waals surface area contributed by atoms with Gasteiger partial charge < -0.3 is 9.42 Å². The van der Waals surface area contributed by atoms with Crippen molar-refractivity contribution in [3.05, 3.63) is 71.1 Å². The van der Waals surface area contributed by atoms with Crippen molar-refractivity contribution in [1.82, 2.24) is 15.0 Å². The normalized spacial score (nSPS) is 17.0. The summed E-state index contributed by atoms with van der Waals surface area (Å²) in [5, 5.41) is 4.00. The number of likely N-dealkylation sites (tertiary alicyclic amines) is 1. The Labute approximate surface area is 165 Å². The Balaban J connectivity index is 1.58. The van der Waals surface area contributed by atoms with Gasteiger partial charge in [0.05, 0.1) is 5.56 Å². The van der Waals surface area contributed by atoms with Crippen LogP contribution in [0.2, 0.25) is 0 Å². The molecule has 1 atom stereocenters. The summed E-state index contributed by atoms with van der Waals surface area (Å²) in [6, 6.07) is 11.6. The molecule has 150 valence electrons. The van der Waals surface area contributed by atoms with Crippen LogP contribution in [0.25, 0.3) is 11.4 Å². The van der Waals surface area contributed by atoms with Crippen molar-refractivity contribution < 1.29 is 22.5 Å². The maximum atomic E-state index is 13.0. The van der Waals surface area contributed by atoms with Gasteiger partial charge in [0.2, 0.25) is 11.7 Å². The number of nitrogens with zero attached hydrogens (tertiary/aromatic N) is 3. The number of carbonyl (C=O) groups excluding carboxylic acids is 1. The standard InChI is InChI=1S/C21H18F3N3O2/c1-13-7-9-14(10-8-13)18-25-19(29-26-18)17-6-3-11-27(17)20(28)15-4-2-5-16(12-15)21(22,23)24/h2,4-5,7-10,12,17H,3,6,11H2,1H3. The molecule has 0 N–H and O–H groups in total. The van der Waals surface area contributed by atoms with Gasteiger partial charge >= 0.3 is 6.18 Å². The van der Waals surface area contributed by atoms with Crippen LogP contribution in [0.4, 0.5) is 13.2 Å². The molecule has 0 radical (unpaired) electrons. The van der Waals surface area contributed by atoms with Crippen molar-refractivity contribution in [2.24, 2.45) is 0 Å². The summed E-state index contributed by atoms with van der Waals surface area (Å²) >= 11 is 0. The molecule has 2 heterocycles. The zero-order valence-corrected chi connectivity index (χ0v) is 15.6. The molecule has 0 spiro atoms. The van der Waals surface area contributed by atoms with Gasteiger partial charge in [-0.25, -0.2) is 0 Å². The number of halogens is 3. The van der Waals surface area contributed by atoms with E-state index in [2.05, 4.69) is 10.1 Å². The van der Waals surface area contributed by atoms with Crippen LogP contribution in [0.5, 0.6) is 0 Å². The summed E-state index contributed by atoms with van der Waals surface area (Å²) in [5.74, 6) is 0.227. The van der Waals surface area contributed by atoms with Crippen LogP contribution in [0.15, 0.2) is 53.1 Å². The van der Waals surface area contributed by atoms with Crippen LogP contribution in [-0.2, 0) is 6.18 Å². The second-order valence-corrected chi connectivity index (χ2v) is 7.06. The fraction of sp³-hybridized carbons (Fsp3) is 0.286. The fourth-order valence-corrected chi connectivity index (χ4v) is 3.45. The fourth-order valence-electron chi connectivity index (χ4n) is 3.45. The molecule has 1 saturated heterocycles. The first kappa shape index (κ1) is 19.2. The summed E-state index contributed by atoms with van der Waals surface area (Å²) < 4.78 is 44.3. The molecule has 1 amide bonds. The number of aryl methyl sites for hydroxylation is 1. The van der Waals surface area contributed by atoms with E-state index in [0.717, 1.165) is 23.3 Å². The number of carbonyl (C=O) groups is 1. The summed E-state index contributed by atoms with van der Waals surface area (Å²) in [4.78, 5) is 18.8. The molecule has 4 rings (SSSR count). The molecule has 5 nitrogen and oxygen atoms in total. The summed E-state index contributed by atoms with van der Waals surface area (Å²) in [6.45, 7) is 2.39. The van der Waals surface area contributed by atoms with Crippen LogP contribution in [-0.4, -0.2) is 27.5 Å². The van der Waals surface area contributed by atoms with Crippen molar-refractivity contribution in [2.45, 2.75) is 32.0 Å². The predicted molar refractivity (Wildman–Crippen MR) is 98.9 cm³/mol. The lowest BCUT2D eigenvalue weighted by Crippen LogP contribution is -2.31. The summed E-state index contributed by atoms with van der Waals surface area (Å²) in [6.07, 6.45) is -3.19. The molecule has 1 fully saturated rings. The van der Waals surface area contributed by atoms with Gasteiger partial charge in [-0.2, -0.15) is 18.2 Å². The van der Waals surface area contributed by atoms with E-state index in [1.165, 1.54) is 17.0 Å². The van der Waals surface area contributed by atoms with E-state index in [9.17, 15) is 18.0 Å². The van der Waals surface area contributed by atoms with Crippen molar-refractivity contribution in [3.8, 4) is 11.4 Å². The Morgan fingerprint density at radius 3 is 2.66 bits per heavy atom. The first-order chi connectivity index (χ1) is 13.8. The summed E-state index contributed by atoms with van der Waals surface area (Å²) in [5.41, 5.74) is 1.04. The van der Waals surface area contributed by atoms with Gasteiger partial charge in [0, 0.05) is 17.7 Å². The average Bonchev–Trinajstić information content (AvgIpc) is 3.37. The monoisotopic (exact) mass is 401 g/mol.